The van der Waals surface area contributed by atoms with Crippen molar-refractivity contribution in [2.45, 2.75) is 64.0 Å². The van der Waals surface area contributed by atoms with Crippen LogP contribution in [0, 0.1) is 5.82 Å². The first-order valence-electron chi connectivity index (χ1n) is 8.42. The lowest BCUT2D eigenvalue weighted by molar-refractivity contribution is -0.135. The Labute approximate surface area is 144 Å². The average Bonchev–Trinajstić information content (AvgIpc) is 3.01. The second-order valence-corrected chi connectivity index (χ2v) is 6.25. The molecule has 2 N–H and O–H groups in total. The number of rotatable bonds is 7. The van der Waals surface area contributed by atoms with Crippen molar-refractivity contribution in [2.75, 3.05) is 6.54 Å². The molecule has 3 nitrogen and oxygen atoms in total. The molecule has 0 aliphatic heterocycles. The van der Waals surface area contributed by atoms with Gasteiger partial charge in [0.2, 0.25) is 5.91 Å². The molecule has 130 valence electrons. The largest absolute Gasteiger partial charge is 0.338 e. The fraction of sp³-hybridized carbons (Fsp3) is 0.611. The maximum Gasteiger partial charge on any atom is 0.239 e. The number of nitrogens with two attached hydrogens (primary N) is 1. The van der Waals surface area contributed by atoms with Crippen molar-refractivity contribution in [1.82, 2.24) is 4.90 Å². The Kier molecular flexibility index (Phi) is 8.56. The van der Waals surface area contributed by atoms with Crippen LogP contribution in [0.15, 0.2) is 24.3 Å². The standard InChI is InChI=1S/C18H27FN2O.ClH/c1-2-6-17(20)18(22)21(16-9-3-4-10-16)12-11-14-7-5-8-15(19)13-14;/h5,7-8,13,16-17H,2-4,6,9-12,20H2,1H3;1H. The third-order valence-electron chi connectivity index (χ3n) is 4.50. The van der Waals surface area contributed by atoms with Gasteiger partial charge in [-0.15, -0.1) is 12.4 Å². The van der Waals surface area contributed by atoms with Gasteiger partial charge in [0, 0.05) is 12.6 Å². The highest BCUT2D eigenvalue weighted by atomic mass is 35.5. The normalized spacial score (nSPS) is 16.0. The van der Waals surface area contributed by atoms with E-state index in [2.05, 4.69) is 0 Å². The van der Waals surface area contributed by atoms with E-state index >= 15 is 0 Å². The zero-order valence-electron chi connectivity index (χ0n) is 13.8. The van der Waals surface area contributed by atoms with Crippen molar-refractivity contribution in [3.63, 3.8) is 0 Å². The Morgan fingerprint density at radius 1 is 1.39 bits per heavy atom. The van der Waals surface area contributed by atoms with Gasteiger partial charge in [-0.1, -0.05) is 38.3 Å². The summed E-state index contributed by atoms with van der Waals surface area (Å²) in [4.78, 5) is 14.6. The molecule has 1 aromatic rings. The minimum absolute atomic E-state index is 0. The van der Waals surface area contributed by atoms with E-state index in [0.29, 0.717) is 19.0 Å². The molecule has 5 heteroatoms. The van der Waals surface area contributed by atoms with Gasteiger partial charge in [-0.2, -0.15) is 0 Å². The van der Waals surface area contributed by atoms with Crippen molar-refractivity contribution < 1.29 is 9.18 Å². The molecule has 1 aliphatic rings. The third-order valence-corrected chi connectivity index (χ3v) is 4.50. The molecule has 23 heavy (non-hydrogen) atoms. The summed E-state index contributed by atoms with van der Waals surface area (Å²) in [6.45, 7) is 2.67. The zero-order chi connectivity index (χ0) is 15.9. The smallest absolute Gasteiger partial charge is 0.239 e. The summed E-state index contributed by atoms with van der Waals surface area (Å²) in [5.41, 5.74) is 6.97. The first-order valence-corrected chi connectivity index (χ1v) is 8.42. The number of nitrogens with zero attached hydrogens (tertiary/aromatic N) is 1. The van der Waals surface area contributed by atoms with E-state index in [4.69, 9.17) is 5.73 Å². The van der Waals surface area contributed by atoms with Gasteiger partial charge < -0.3 is 10.6 Å². The molecule has 1 aliphatic carbocycles. The van der Waals surface area contributed by atoms with Gasteiger partial charge in [-0.05, 0) is 43.4 Å². The van der Waals surface area contributed by atoms with Gasteiger partial charge >= 0.3 is 0 Å². The Morgan fingerprint density at radius 2 is 2.09 bits per heavy atom. The fourth-order valence-electron chi connectivity index (χ4n) is 3.28. The first kappa shape index (κ1) is 19.9. The van der Waals surface area contributed by atoms with Crippen molar-refractivity contribution in [2.24, 2.45) is 5.73 Å². The van der Waals surface area contributed by atoms with Gasteiger partial charge in [-0.25, -0.2) is 4.39 Å². The predicted molar refractivity (Wildman–Crippen MR) is 94.2 cm³/mol. The highest BCUT2D eigenvalue weighted by Gasteiger charge is 2.29. The van der Waals surface area contributed by atoms with Crippen molar-refractivity contribution >= 4 is 18.3 Å². The molecule has 0 spiro atoms. The lowest BCUT2D eigenvalue weighted by atomic mass is 10.1. The second kappa shape index (κ2) is 9.89. The number of benzene rings is 1. The van der Waals surface area contributed by atoms with Gasteiger partial charge in [0.05, 0.1) is 6.04 Å². The molecule has 1 amide bonds. The molecule has 0 radical (unpaired) electrons. The van der Waals surface area contributed by atoms with E-state index in [1.807, 2.05) is 17.9 Å². The maximum absolute atomic E-state index is 13.3. The number of carbonyl (C=O) groups excluding carboxylic acids is 1. The Morgan fingerprint density at radius 3 is 2.70 bits per heavy atom. The predicted octanol–water partition coefficient (Wildman–Crippen LogP) is 3.69. The molecule has 0 saturated heterocycles. The number of hydrogen-bond donors (Lipinski definition) is 1. The molecular weight excluding hydrogens is 315 g/mol. The van der Waals surface area contributed by atoms with Crippen molar-refractivity contribution in [3.05, 3.63) is 35.6 Å². The van der Waals surface area contributed by atoms with Gasteiger partial charge in [0.15, 0.2) is 0 Å². The quantitative estimate of drug-likeness (QED) is 0.821. The van der Waals surface area contributed by atoms with E-state index in [1.54, 1.807) is 12.1 Å². The average molecular weight is 343 g/mol. The maximum atomic E-state index is 13.3. The van der Waals surface area contributed by atoms with E-state index in [-0.39, 0.29) is 24.1 Å². The Hall–Kier alpha value is -1.13. The van der Waals surface area contributed by atoms with Crippen LogP contribution < -0.4 is 5.73 Å². The molecule has 1 saturated carbocycles. The van der Waals surface area contributed by atoms with Crippen LogP contribution in [0.2, 0.25) is 0 Å². The molecule has 1 aromatic carbocycles. The van der Waals surface area contributed by atoms with Crippen LogP contribution in [0.1, 0.15) is 51.0 Å². The molecule has 0 heterocycles. The fourth-order valence-corrected chi connectivity index (χ4v) is 3.28. The van der Waals surface area contributed by atoms with Gasteiger partial charge in [0.25, 0.3) is 0 Å². The van der Waals surface area contributed by atoms with Crippen LogP contribution in [0.3, 0.4) is 0 Å². The summed E-state index contributed by atoms with van der Waals surface area (Å²) in [5, 5.41) is 0. The molecular formula is C18H28ClFN2O. The van der Waals surface area contributed by atoms with Crippen LogP contribution >= 0.6 is 12.4 Å². The number of halogens is 2. The third kappa shape index (κ3) is 5.78. The highest BCUT2D eigenvalue weighted by Crippen LogP contribution is 2.24. The number of hydrogen-bond acceptors (Lipinski definition) is 2. The van der Waals surface area contributed by atoms with Gasteiger partial charge in [-0.3, -0.25) is 4.79 Å². The summed E-state index contributed by atoms with van der Waals surface area (Å²) >= 11 is 0. The SMILES string of the molecule is CCCC(N)C(=O)N(CCc1cccc(F)c1)C1CCCC1.Cl. The molecule has 0 bridgehead atoms. The monoisotopic (exact) mass is 342 g/mol. The van der Waals surface area contributed by atoms with Crippen LogP contribution in [-0.4, -0.2) is 29.4 Å². The molecule has 1 atom stereocenters. The zero-order valence-corrected chi connectivity index (χ0v) is 14.7. The van der Waals surface area contributed by atoms with E-state index in [9.17, 15) is 9.18 Å². The molecule has 2 rings (SSSR count). The summed E-state index contributed by atoms with van der Waals surface area (Å²) in [5.74, 6) is -0.163. The van der Waals surface area contributed by atoms with E-state index in [1.165, 1.54) is 18.9 Å². The second-order valence-electron chi connectivity index (χ2n) is 6.25. The summed E-state index contributed by atoms with van der Waals surface area (Å²) in [6.07, 6.45) is 6.80. The van der Waals surface area contributed by atoms with Crippen LogP contribution in [0.25, 0.3) is 0 Å². The van der Waals surface area contributed by atoms with Crippen LogP contribution in [0.4, 0.5) is 4.39 Å². The number of carbonyl (C=O) groups is 1. The number of amides is 1. The minimum atomic E-state index is -0.405. The van der Waals surface area contributed by atoms with Crippen molar-refractivity contribution in [1.29, 1.82) is 0 Å². The van der Waals surface area contributed by atoms with E-state index < -0.39 is 6.04 Å². The Bertz CT molecular complexity index is 492. The molecule has 1 unspecified atom stereocenters. The topological polar surface area (TPSA) is 46.3 Å². The lowest BCUT2D eigenvalue weighted by Gasteiger charge is -2.31. The first-order chi connectivity index (χ1) is 10.6. The lowest BCUT2D eigenvalue weighted by Crippen LogP contribution is -2.48. The summed E-state index contributed by atoms with van der Waals surface area (Å²) < 4.78 is 13.3. The van der Waals surface area contributed by atoms with Crippen LogP contribution in [0.5, 0.6) is 0 Å². The van der Waals surface area contributed by atoms with Crippen molar-refractivity contribution in [3.8, 4) is 0 Å². The minimum Gasteiger partial charge on any atom is -0.338 e. The summed E-state index contributed by atoms with van der Waals surface area (Å²) in [7, 11) is 0. The summed E-state index contributed by atoms with van der Waals surface area (Å²) in [6, 6.07) is 6.52. The van der Waals surface area contributed by atoms with Gasteiger partial charge in [0.1, 0.15) is 5.82 Å². The van der Waals surface area contributed by atoms with Crippen LogP contribution in [-0.2, 0) is 11.2 Å². The Balaban J connectivity index is 0.00000264. The highest BCUT2D eigenvalue weighted by molar-refractivity contribution is 5.85. The molecule has 0 aromatic heterocycles. The molecule has 1 fully saturated rings. The van der Waals surface area contributed by atoms with E-state index in [0.717, 1.165) is 31.2 Å².